The summed E-state index contributed by atoms with van der Waals surface area (Å²) in [6, 6.07) is -0.626. The van der Waals surface area contributed by atoms with E-state index in [1.165, 1.54) is 6.92 Å². The molecule has 1 atom stereocenters. The van der Waals surface area contributed by atoms with E-state index in [1.807, 2.05) is 0 Å². The maximum absolute atomic E-state index is 10.6. The molecule has 57 valence electrons. The molecule has 0 heterocycles. The SMILES string of the molecule is CC(N)C(=O)NCC([NH])=O. The van der Waals surface area contributed by atoms with Gasteiger partial charge in [-0.1, -0.05) is 0 Å². The van der Waals surface area contributed by atoms with Crippen LogP contribution in [-0.2, 0) is 9.59 Å². The van der Waals surface area contributed by atoms with Crippen molar-refractivity contribution in [3.63, 3.8) is 0 Å². The van der Waals surface area contributed by atoms with Gasteiger partial charge < -0.3 is 11.1 Å². The highest BCUT2D eigenvalue weighted by Crippen LogP contribution is 1.72. The summed E-state index contributed by atoms with van der Waals surface area (Å²) in [6.45, 7) is 1.24. The molecular formula is C5H10N3O2. The quantitative estimate of drug-likeness (QED) is 0.492. The van der Waals surface area contributed by atoms with Crippen molar-refractivity contribution < 1.29 is 9.59 Å². The summed E-state index contributed by atoms with van der Waals surface area (Å²) in [4.78, 5) is 20.6. The third-order valence-electron chi connectivity index (χ3n) is 0.837. The standard InChI is InChI=1S/C5H10N3O2/c1-3(6)5(10)8-2-4(7)9/h3,7H,2,6H2,1H3,(H,8,10). The Hall–Kier alpha value is -1.10. The van der Waals surface area contributed by atoms with Crippen LogP contribution in [0, 0.1) is 0 Å². The van der Waals surface area contributed by atoms with E-state index in [0.717, 1.165) is 0 Å². The molecule has 1 unspecified atom stereocenters. The second kappa shape index (κ2) is 3.84. The van der Waals surface area contributed by atoms with Crippen LogP contribution in [0.3, 0.4) is 0 Å². The van der Waals surface area contributed by atoms with Gasteiger partial charge in [0.05, 0.1) is 12.6 Å². The number of nitrogens with two attached hydrogens (primary N) is 1. The molecule has 0 aromatic rings. The summed E-state index contributed by atoms with van der Waals surface area (Å²) >= 11 is 0. The van der Waals surface area contributed by atoms with Gasteiger partial charge in [-0.05, 0) is 6.92 Å². The van der Waals surface area contributed by atoms with E-state index < -0.39 is 17.9 Å². The predicted octanol–water partition coefficient (Wildman–Crippen LogP) is -1.74. The van der Waals surface area contributed by atoms with E-state index in [9.17, 15) is 9.59 Å². The lowest BCUT2D eigenvalue weighted by Crippen LogP contribution is -2.40. The summed E-state index contributed by atoms with van der Waals surface area (Å²) in [7, 11) is 0. The zero-order valence-electron chi connectivity index (χ0n) is 5.68. The van der Waals surface area contributed by atoms with Crippen molar-refractivity contribution in [2.24, 2.45) is 5.73 Å². The van der Waals surface area contributed by atoms with Gasteiger partial charge in [0.15, 0.2) is 0 Å². The van der Waals surface area contributed by atoms with E-state index in [1.54, 1.807) is 0 Å². The lowest BCUT2D eigenvalue weighted by Gasteiger charge is -2.03. The average molecular weight is 144 g/mol. The Morgan fingerprint density at radius 3 is 2.50 bits per heavy atom. The van der Waals surface area contributed by atoms with Crippen LogP contribution in [0.4, 0.5) is 0 Å². The Morgan fingerprint density at radius 2 is 2.20 bits per heavy atom. The molecule has 0 aromatic heterocycles. The molecule has 0 rings (SSSR count). The van der Waals surface area contributed by atoms with E-state index in [-0.39, 0.29) is 6.54 Å². The molecule has 0 aliphatic rings. The first-order valence-electron chi connectivity index (χ1n) is 2.81. The van der Waals surface area contributed by atoms with Gasteiger partial charge >= 0.3 is 0 Å². The monoisotopic (exact) mass is 144 g/mol. The summed E-state index contributed by atoms with van der Waals surface area (Å²) in [5.74, 6) is -1.24. The molecular weight excluding hydrogens is 134 g/mol. The normalized spacial score (nSPS) is 12.2. The molecule has 0 aliphatic carbocycles. The van der Waals surface area contributed by atoms with Gasteiger partial charge in [-0.3, -0.25) is 15.3 Å². The van der Waals surface area contributed by atoms with Gasteiger partial charge in [-0.2, -0.15) is 0 Å². The van der Waals surface area contributed by atoms with Gasteiger partial charge in [0.25, 0.3) is 5.91 Å². The number of carbonyl (C=O) groups excluding carboxylic acids is 2. The first-order valence-corrected chi connectivity index (χ1v) is 2.81. The number of carbonyl (C=O) groups is 2. The summed E-state index contributed by atoms with van der Waals surface area (Å²) in [6.07, 6.45) is 0. The van der Waals surface area contributed by atoms with Crippen molar-refractivity contribution in [1.82, 2.24) is 11.1 Å². The molecule has 2 amide bonds. The minimum atomic E-state index is -0.825. The molecule has 10 heavy (non-hydrogen) atoms. The molecule has 5 heteroatoms. The molecule has 0 fully saturated rings. The summed E-state index contributed by atoms with van der Waals surface area (Å²) in [5, 5.41) is 2.18. The van der Waals surface area contributed by atoms with Crippen LogP contribution < -0.4 is 16.8 Å². The van der Waals surface area contributed by atoms with Crippen LogP contribution in [0.25, 0.3) is 0 Å². The van der Waals surface area contributed by atoms with E-state index >= 15 is 0 Å². The molecule has 0 saturated carbocycles. The van der Waals surface area contributed by atoms with E-state index in [0.29, 0.717) is 0 Å². The third-order valence-corrected chi connectivity index (χ3v) is 0.837. The molecule has 0 bridgehead atoms. The molecule has 5 nitrogen and oxygen atoms in total. The fourth-order valence-corrected chi connectivity index (χ4v) is 0.328. The Labute approximate surface area is 58.8 Å². The second-order valence-corrected chi connectivity index (χ2v) is 1.93. The van der Waals surface area contributed by atoms with Crippen molar-refractivity contribution in [3.8, 4) is 0 Å². The van der Waals surface area contributed by atoms with Crippen molar-refractivity contribution in [2.75, 3.05) is 6.54 Å². The number of amides is 2. The predicted molar refractivity (Wildman–Crippen MR) is 34.8 cm³/mol. The Balaban J connectivity index is 3.50. The highest BCUT2D eigenvalue weighted by atomic mass is 16.2. The topological polar surface area (TPSA) is 96.0 Å². The number of hydrogen-bond acceptors (Lipinski definition) is 3. The first-order chi connectivity index (χ1) is 4.54. The molecule has 0 spiro atoms. The van der Waals surface area contributed by atoms with Crippen LogP contribution in [0.1, 0.15) is 6.92 Å². The van der Waals surface area contributed by atoms with Crippen molar-refractivity contribution >= 4 is 11.8 Å². The highest BCUT2D eigenvalue weighted by Gasteiger charge is 2.06. The first kappa shape index (κ1) is 8.90. The van der Waals surface area contributed by atoms with Gasteiger partial charge in [0.1, 0.15) is 0 Å². The number of rotatable bonds is 3. The Kier molecular flexibility index (Phi) is 3.42. The fourth-order valence-electron chi connectivity index (χ4n) is 0.328. The lowest BCUT2D eigenvalue weighted by molar-refractivity contribution is -0.125. The Bertz CT molecular complexity index is 144. The highest BCUT2D eigenvalue weighted by molar-refractivity contribution is 5.85. The average Bonchev–Trinajstić information content (AvgIpc) is 1.82. The van der Waals surface area contributed by atoms with Crippen molar-refractivity contribution in [3.05, 3.63) is 0 Å². The zero-order valence-corrected chi connectivity index (χ0v) is 5.68. The molecule has 4 N–H and O–H groups in total. The number of hydrogen-bond donors (Lipinski definition) is 2. The van der Waals surface area contributed by atoms with Crippen LogP contribution in [0.15, 0.2) is 0 Å². The van der Waals surface area contributed by atoms with Crippen molar-refractivity contribution in [2.45, 2.75) is 13.0 Å². The fraction of sp³-hybridized carbons (Fsp3) is 0.600. The minimum Gasteiger partial charge on any atom is -0.346 e. The van der Waals surface area contributed by atoms with E-state index in [2.05, 4.69) is 5.32 Å². The van der Waals surface area contributed by atoms with Crippen LogP contribution >= 0.6 is 0 Å². The number of nitrogens with one attached hydrogen (secondary N) is 2. The smallest absolute Gasteiger partial charge is 0.257 e. The summed E-state index contributed by atoms with van der Waals surface area (Å²) in [5.41, 5.74) is 11.6. The largest absolute Gasteiger partial charge is 0.346 e. The van der Waals surface area contributed by atoms with Gasteiger partial charge in [0, 0.05) is 0 Å². The third kappa shape index (κ3) is 3.85. The Morgan fingerprint density at radius 1 is 1.70 bits per heavy atom. The van der Waals surface area contributed by atoms with Gasteiger partial charge in [0.2, 0.25) is 5.91 Å². The van der Waals surface area contributed by atoms with Gasteiger partial charge in [-0.25, -0.2) is 0 Å². The second-order valence-electron chi connectivity index (χ2n) is 1.93. The zero-order chi connectivity index (χ0) is 8.15. The van der Waals surface area contributed by atoms with E-state index in [4.69, 9.17) is 11.5 Å². The van der Waals surface area contributed by atoms with Crippen LogP contribution in [0.2, 0.25) is 0 Å². The maximum atomic E-state index is 10.6. The van der Waals surface area contributed by atoms with Crippen LogP contribution in [0.5, 0.6) is 0 Å². The van der Waals surface area contributed by atoms with Crippen molar-refractivity contribution in [1.29, 1.82) is 0 Å². The maximum Gasteiger partial charge on any atom is 0.257 e. The molecule has 0 aliphatic heterocycles. The van der Waals surface area contributed by atoms with Gasteiger partial charge in [-0.15, -0.1) is 0 Å². The lowest BCUT2D eigenvalue weighted by atomic mass is 10.3. The minimum absolute atomic E-state index is 0.264. The molecule has 0 saturated heterocycles. The van der Waals surface area contributed by atoms with Crippen LogP contribution in [-0.4, -0.2) is 24.4 Å². The molecule has 0 aromatic carbocycles. The molecule has 1 radical (unpaired) electrons. The summed E-state index contributed by atoms with van der Waals surface area (Å²) < 4.78 is 0.